The second-order valence-corrected chi connectivity index (χ2v) is 17.5. The maximum absolute atomic E-state index is 12.5. The zero-order valence-corrected chi connectivity index (χ0v) is 37.2. The van der Waals surface area contributed by atoms with Crippen molar-refractivity contribution in [2.24, 2.45) is 0 Å². The minimum Gasteiger partial charge on any atom is -0.394 e. The molecule has 330 valence electrons. The van der Waals surface area contributed by atoms with Crippen molar-refractivity contribution >= 4 is 5.91 Å². The van der Waals surface area contributed by atoms with Crippen molar-refractivity contribution in [2.75, 3.05) is 6.61 Å². The Bertz CT molecular complexity index is 751. The van der Waals surface area contributed by atoms with Gasteiger partial charge < -0.3 is 25.7 Å². The zero-order chi connectivity index (χ0) is 40.3. The molecule has 6 nitrogen and oxygen atoms in total. The number of carbonyl (C=O) groups excluding carboxylic acids is 1. The molecule has 1 amide bonds. The van der Waals surface area contributed by atoms with Crippen LogP contribution in [-0.2, 0) is 4.79 Å². The average Bonchev–Trinajstić information content (AvgIpc) is 3.19. The van der Waals surface area contributed by atoms with Crippen molar-refractivity contribution < 1.29 is 25.2 Å². The molecule has 4 unspecified atom stereocenters. The van der Waals surface area contributed by atoms with Crippen LogP contribution in [-0.4, -0.2) is 57.3 Å². The number of carbonyl (C=O) groups is 1. The maximum Gasteiger partial charge on any atom is 0.249 e. The van der Waals surface area contributed by atoms with E-state index in [2.05, 4.69) is 19.2 Å². The third kappa shape index (κ3) is 38.6. The fraction of sp³-hybridized carbons (Fsp3) is 0.980. The van der Waals surface area contributed by atoms with Gasteiger partial charge in [0.15, 0.2) is 0 Å². The van der Waals surface area contributed by atoms with Crippen LogP contribution < -0.4 is 5.32 Å². The average molecular weight is 782 g/mol. The summed E-state index contributed by atoms with van der Waals surface area (Å²) in [5.41, 5.74) is 0. The monoisotopic (exact) mass is 782 g/mol. The van der Waals surface area contributed by atoms with Crippen LogP contribution in [0.5, 0.6) is 0 Å². The smallest absolute Gasteiger partial charge is 0.249 e. The fourth-order valence-electron chi connectivity index (χ4n) is 8.11. The molecule has 0 aromatic rings. The van der Waals surface area contributed by atoms with Gasteiger partial charge in [0.25, 0.3) is 0 Å². The molecular weight excluding hydrogens is 683 g/mol. The van der Waals surface area contributed by atoms with Crippen LogP contribution in [0.2, 0.25) is 0 Å². The molecule has 6 heteroatoms. The topological polar surface area (TPSA) is 110 Å². The summed E-state index contributed by atoms with van der Waals surface area (Å²) in [6.45, 7) is 4.01. The van der Waals surface area contributed by atoms with E-state index in [0.717, 1.165) is 38.5 Å². The number of aliphatic hydroxyl groups excluding tert-OH is 4. The lowest BCUT2D eigenvalue weighted by molar-refractivity contribution is -0.132. The fourth-order valence-corrected chi connectivity index (χ4v) is 8.11. The Hall–Kier alpha value is -0.690. The van der Waals surface area contributed by atoms with Gasteiger partial charge >= 0.3 is 0 Å². The standard InChI is InChI=1S/C49H99NO5/c1-3-5-7-9-11-12-13-14-15-16-17-18-19-20-21-22-23-24-25-26-27-28-29-30-31-32-33-34-35-37-39-41-43-47(53)49(55)50-45(44-51)48(54)46(52)42-40-38-36-10-8-6-4-2/h45-48,51-54H,3-44H2,1-2H3,(H,50,55). The molecule has 0 rings (SSSR count). The highest BCUT2D eigenvalue weighted by atomic mass is 16.3. The molecule has 0 radical (unpaired) electrons. The molecule has 0 saturated heterocycles. The normalized spacial score (nSPS) is 13.9. The van der Waals surface area contributed by atoms with E-state index in [4.69, 9.17) is 0 Å². The van der Waals surface area contributed by atoms with Gasteiger partial charge in [0.05, 0.1) is 18.8 Å². The molecule has 0 spiro atoms. The van der Waals surface area contributed by atoms with Gasteiger partial charge in [0.2, 0.25) is 5.91 Å². The first-order valence-electron chi connectivity index (χ1n) is 24.9. The summed E-state index contributed by atoms with van der Waals surface area (Å²) < 4.78 is 0. The lowest BCUT2D eigenvalue weighted by Crippen LogP contribution is -2.53. The zero-order valence-electron chi connectivity index (χ0n) is 37.2. The van der Waals surface area contributed by atoms with Gasteiger partial charge in [-0.2, -0.15) is 0 Å². The summed E-state index contributed by atoms with van der Waals surface area (Å²) in [5.74, 6) is -0.582. The van der Waals surface area contributed by atoms with E-state index in [9.17, 15) is 25.2 Å². The molecule has 0 fully saturated rings. The van der Waals surface area contributed by atoms with Gasteiger partial charge in [-0.1, -0.05) is 264 Å². The number of aliphatic hydroxyl groups is 4. The highest BCUT2D eigenvalue weighted by Gasteiger charge is 2.28. The van der Waals surface area contributed by atoms with E-state index in [1.54, 1.807) is 0 Å². The minimum atomic E-state index is -1.25. The Balaban J connectivity index is 3.45. The number of amides is 1. The van der Waals surface area contributed by atoms with Crippen LogP contribution >= 0.6 is 0 Å². The van der Waals surface area contributed by atoms with Crippen LogP contribution in [0.4, 0.5) is 0 Å². The van der Waals surface area contributed by atoms with E-state index in [0.29, 0.717) is 12.8 Å². The Kier molecular flexibility index (Phi) is 43.9. The second-order valence-electron chi connectivity index (χ2n) is 17.5. The lowest BCUT2D eigenvalue weighted by Gasteiger charge is -2.27. The second kappa shape index (κ2) is 44.4. The Labute approximate surface area is 343 Å². The molecule has 4 atom stereocenters. The summed E-state index contributed by atoms with van der Waals surface area (Å²) in [7, 11) is 0. The largest absolute Gasteiger partial charge is 0.394 e. The first-order valence-corrected chi connectivity index (χ1v) is 24.9. The van der Waals surface area contributed by atoms with E-state index in [1.807, 2.05) is 0 Å². The molecule has 0 heterocycles. The summed E-state index contributed by atoms with van der Waals surface area (Å²) in [5, 5.41) is 43.4. The SMILES string of the molecule is CCCCCCCCCCCCCCCCCCCCCCCCCCCCCCCCCCC(O)C(=O)NC(CO)C(O)C(O)CCCCCCCCC. The summed E-state index contributed by atoms with van der Waals surface area (Å²) >= 11 is 0. The predicted octanol–water partition coefficient (Wildman–Crippen LogP) is 13.6. The molecule has 0 aromatic carbocycles. The van der Waals surface area contributed by atoms with E-state index >= 15 is 0 Å². The molecule has 0 aromatic heterocycles. The van der Waals surface area contributed by atoms with Crippen LogP contribution in [0, 0.1) is 0 Å². The predicted molar refractivity (Wildman–Crippen MR) is 238 cm³/mol. The number of hydrogen-bond donors (Lipinski definition) is 5. The van der Waals surface area contributed by atoms with Crippen LogP contribution in [0.25, 0.3) is 0 Å². The van der Waals surface area contributed by atoms with Crippen LogP contribution in [0.3, 0.4) is 0 Å². The first-order chi connectivity index (χ1) is 27.0. The number of hydrogen-bond acceptors (Lipinski definition) is 5. The molecule has 0 aliphatic carbocycles. The molecule has 0 saturated carbocycles. The molecule has 0 bridgehead atoms. The highest BCUT2D eigenvalue weighted by Crippen LogP contribution is 2.18. The third-order valence-corrected chi connectivity index (χ3v) is 12.1. The molecule has 0 aliphatic heterocycles. The minimum absolute atomic E-state index is 0.375. The van der Waals surface area contributed by atoms with Gasteiger partial charge in [-0.05, 0) is 12.8 Å². The number of unbranched alkanes of at least 4 members (excludes halogenated alkanes) is 37. The van der Waals surface area contributed by atoms with Crippen molar-refractivity contribution in [3.63, 3.8) is 0 Å². The van der Waals surface area contributed by atoms with Crippen molar-refractivity contribution in [1.29, 1.82) is 0 Å². The summed E-state index contributed by atoms with van der Waals surface area (Å²) in [6.07, 6.45) is 49.2. The van der Waals surface area contributed by atoms with Gasteiger partial charge in [-0.15, -0.1) is 0 Å². The van der Waals surface area contributed by atoms with Crippen LogP contribution in [0.1, 0.15) is 277 Å². The van der Waals surface area contributed by atoms with Crippen molar-refractivity contribution in [1.82, 2.24) is 5.32 Å². The molecular formula is C49H99NO5. The van der Waals surface area contributed by atoms with Gasteiger partial charge in [-0.25, -0.2) is 0 Å². The van der Waals surface area contributed by atoms with E-state index in [1.165, 1.54) is 212 Å². The molecule has 0 aliphatic rings. The van der Waals surface area contributed by atoms with E-state index in [-0.39, 0.29) is 0 Å². The van der Waals surface area contributed by atoms with Gasteiger partial charge in [0.1, 0.15) is 12.2 Å². The van der Waals surface area contributed by atoms with Crippen molar-refractivity contribution in [2.45, 2.75) is 301 Å². The van der Waals surface area contributed by atoms with Crippen molar-refractivity contribution in [3.05, 3.63) is 0 Å². The Morgan fingerprint density at radius 3 is 0.873 bits per heavy atom. The maximum atomic E-state index is 12.5. The quantitative estimate of drug-likeness (QED) is 0.0395. The Morgan fingerprint density at radius 2 is 0.618 bits per heavy atom. The number of rotatable bonds is 46. The Morgan fingerprint density at radius 1 is 0.382 bits per heavy atom. The van der Waals surface area contributed by atoms with E-state index < -0.39 is 36.9 Å². The lowest BCUT2D eigenvalue weighted by atomic mass is 9.99. The summed E-state index contributed by atoms with van der Waals surface area (Å²) in [4.78, 5) is 12.5. The molecule has 55 heavy (non-hydrogen) atoms. The van der Waals surface area contributed by atoms with Gasteiger partial charge in [-0.3, -0.25) is 4.79 Å². The third-order valence-electron chi connectivity index (χ3n) is 12.1. The van der Waals surface area contributed by atoms with Crippen molar-refractivity contribution in [3.8, 4) is 0 Å². The first kappa shape index (κ1) is 54.3. The summed E-state index contributed by atoms with van der Waals surface area (Å²) in [6, 6.07) is -0.977. The highest BCUT2D eigenvalue weighted by molar-refractivity contribution is 5.80. The molecule has 5 N–H and O–H groups in total. The van der Waals surface area contributed by atoms with Gasteiger partial charge in [0, 0.05) is 0 Å². The number of nitrogens with one attached hydrogen (secondary N) is 1. The van der Waals surface area contributed by atoms with Crippen LogP contribution in [0.15, 0.2) is 0 Å².